The number of hydroxylamine groups is 5. The summed E-state index contributed by atoms with van der Waals surface area (Å²) in [5.74, 6) is -1.88. The highest BCUT2D eigenvalue weighted by molar-refractivity contribution is 5.95. The maximum absolute atomic E-state index is 11.1. The van der Waals surface area contributed by atoms with Gasteiger partial charge in [0.25, 0.3) is 29.5 Å². The monoisotopic (exact) mass is 1760 g/mol. The van der Waals surface area contributed by atoms with E-state index in [-0.39, 0.29) is 0 Å². The Kier molecular flexibility index (Phi) is 42.6. The molecule has 2 atom stereocenters. The molecule has 0 radical (unpaired) electrons. The van der Waals surface area contributed by atoms with Crippen molar-refractivity contribution in [1.29, 1.82) is 0 Å². The average molecular weight is 1760 g/mol. The number of hydrazine groups is 1. The lowest BCUT2D eigenvalue weighted by molar-refractivity contribution is -0.124. The highest BCUT2D eigenvalue weighted by Crippen LogP contribution is 2.30. The minimum atomic E-state index is -0.555. The molecule has 10 aromatic rings. The van der Waals surface area contributed by atoms with Crippen LogP contribution in [0.1, 0.15) is 187 Å². The fourth-order valence-electron chi connectivity index (χ4n) is 15.2. The topological polar surface area (TPSA) is 376 Å². The summed E-state index contributed by atoms with van der Waals surface area (Å²) >= 11 is 0. The van der Waals surface area contributed by atoms with Gasteiger partial charge in [0.15, 0.2) is 0 Å². The molecule has 2 saturated heterocycles. The third-order valence-electron chi connectivity index (χ3n) is 22.6. The van der Waals surface area contributed by atoms with Gasteiger partial charge in [0.1, 0.15) is 0 Å². The number of carbonyl (C=O) groups excluding carboxylic acids is 5. The Labute approximate surface area is 753 Å². The van der Waals surface area contributed by atoms with Gasteiger partial charge in [0.05, 0.1) is 86.5 Å². The Balaban J connectivity index is 0.000000198. The predicted octanol–water partition coefficient (Wildman–Crippen LogP) is 14.4. The number of unbranched alkanes of at least 4 members (excludes halogenated alkanes) is 2. The molecule has 32 heteroatoms. The molecule has 2 aliphatic rings. The average Bonchev–Trinajstić information content (AvgIpc) is 1.65. The van der Waals surface area contributed by atoms with E-state index in [4.69, 9.17) is 31.0 Å². The number of carbonyl (C=O) groups is 5. The highest BCUT2D eigenvalue weighted by atomic mass is 16.5. The van der Waals surface area contributed by atoms with Crippen LogP contribution >= 0.6 is 0 Å². The van der Waals surface area contributed by atoms with E-state index in [9.17, 15) is 24.0 Å². The molecule has 32 nitrogen and oxygen atoms in total. The molecule has 2 fully saturated rings. The van der Waals surface area contributed by atoms with Gasteiger partial charge in [-0.25, -0.2) is 57.3 Å². The number of likely N-dealkylation sites (N-methyl/N-ethyl adjacent to an activating group) is 1. The molecule has 12 rings (SSSR count). The van der Waals surface area contributed by atoms with Crippen LogP contribution in [0.3, 0.4) is 0 Å². The van der Waals surface area contributed by atoms with Gasteiger partial charge in [-0.05, 0) is 249 Å². The molecule has 2 aliphatic heterocycles. The van der Waals surface area contributed by atoms with Gasteiger partial charge in [0, 0.05) is 120 Å². The first-order chi connectivity index (χ1) is 61.8. The van der Waals surface area contributed by atoms with Crippen molar-refractivity contribution in [2.24, 2.45) is 5.41 Å². The second-order valence-corrected chi connectivity index (χ2v) is 33.8. The number of fused-ring (bicyclic) bond motifs is 5. The molecule has 0 bridgehead atoms. The number of nitrogens with zero attached hydrogens (tertiary/aromatic N) is 15. The van der Waals surface area contributed by atoms with Crippen LogP contribution in [-0.2, 0) is 43.6 Å². The summed E-state index contributed by atoms with van der Waals surface area (Å²) in [6, 6.07) is 31.5. The number of piperidine rings is 1. The van der Waals surface area contributed by atoms with E-state index in [1.807, 2.05) is 116 Å². The van der Waals surface area contributed by atoms with E-state index in [0.717, 1.165) is 226 Å². The molecule has 0 spiro atoms. The van der Waals surface area contributed by atoms with Gasteiger partial charge in [-0.2, -0.15) is 0 Å². The van der Waals surface area contributed by atoms with Gasteiger partial charge in [-0.3, -0.25) is 65.2 Å². The van der Waals surface area contributed by atoms with Crippen molar-refractivity contribution in [3.63, 3.8) is 0 Å². The Morgan fingerprint density at radius 3 is 1.34 bits per heavy atom. The summed E-state index contributed by atoms with van der Waals surface area (Å²) in [4.78, 5) is 88.1. The number of imidazole rings is 5. The largest absolute Gasteiger partial charge is 0.356 e. The smallest absolute Gasteiger partial charge is 0.267 e. The highest BCUT2D eigenvalue weighted by Gasteiger charge is 2.25. The number of amides is 5. The first-order valence-corrected chi connectivity index (χ1v) is 45.0. The van der Waals surface area contributed by atoms with Gasteiger partial charge in [-0.15, -0.1) is 6.58 Å². The Hall–Kier alpha value is -11.4. The number of rotatable bonds is 39. The molecular formula is C96H138N22O10. The van der Waals surface area contributed by atoms with Crippen molar-refractivity contribution in [3.8, 4) is 0 Å². The number of likely N-dealkylation sites (tertiary alicyclic amines) is 1. The minimum absolute atomic E-state index is 0.350. The first kappa shape index (κ1) is 102. The first-order valence-electron chi connectivity index (χ1n) is 45.0. The lowest BCUT2D eigenvalue weighted by atomic mass is 9.92. The van der Waals surface area contributed by atoms with Gasteiger partial charge in [0.2, 0.25) is 5.95 Å². The lowest BCUT2D eigenvalue weighted by Gasteiger charge is -2.35. The van der Waals surface area contributed by atoms with Gasteiger partial charge < -0.3 is 38.0 Å². The second kappa shape index (κ2) is 53.4. The summed E-state index contributed by atoms with van der Waals surface area (Å²) in [6.07, 6.45) is 35.7. The number of hydrogen-bond acceptors (Lipinski definition) is 22. The van der Waals surface area contributed by atoms with E-state index in [0.29, 0.717) is 29.6 Å². The number of anilines is 1. The molecule has 0 aliphatic carbocycles. The van der Waals surface area contributed by atoms with Crippen LogP contribution < -0.4 is 38.1 Å². The van der Waals surface area contributed by atoms with Crippen molar-refractivity contribution >= 4 is 121 Å². The van der Waals surface area contributed by atoms with Crippen molar-refractivity contribution in [2.45, 2.75) is 191 Å². The van der Waals surface area contributed by atoms with Crippen LogP contribution in [0.2, 0.25) is 0 Å². The maximum atomic E-state index is 11.1. The summed E-state index contributed by atoms with van der Waals surface area (Å²) in [5.41, 5.74) is 26.1. The van der Waals surface area contributed by atoms with E-state index < -0.39 is 29.5 Å². The van der Waals surface area contributed by atoms with Gasteiger partial charge in [-0.1, -0.05) is 98.2 Å². The van der Waals surface area contributed by atoms with Crippen molar-refractivity contribution in [2.75, 3.05) is 96.9 Å². The summed E-state index contributed by atoms with van der Waals surface area (Å²) in [5, 5.41) is 48.4. The molecule has 692 valence electrons. The zero-order valence-corrected chi connectivity index (χ0v) is 76.9. The van der Waals surface area contributed by atoms with Crippen molar-refractivity contribution < 1.29 is 50.0 Å². The Bertz CT molecular complexity index is 5290. The quantitative estimate of drug-likeness (QED) is 0.00560. The molecule has 7 heterocycles. The van der Waals surface area contributed by atoms with E-state index >= 15 is 0 Å². The second-order valence-electron chi connectivity index (χ2n) is 33.8. The zero-order valence-electron chi connectivity index (χ0n) is 76.9. The molecule has 2 unspecified atom stereocenters. The standard InChI is InChI=1S/C20H29N5O2.C20H26N4O2.C19H29N5O2.C19H28N4O2.C18H26N4O2/c1-20(2,3)9-11-24-10-8-16(13-22-24)25-14-21-17-12-15(4-6-18(17)25)5-7-19(26)23-27;1-2-3-4-11-23-12-5-6-17(14-23)24-15-21-18-13-16(7-9-19(18)24)8-10-20(25)22-26;1-4-11-20-19-21-16-14-15(8-10-18(25)22-26)7-9-17(16)24(19)13-12-23(5-2)6-3;1-4-5-10-22(15(2)3)11-12-23-14-20-17-13-16(6-8-18(17)23)7-9-19(24)21-25;1-4-9-21(14(2)3)10-11-22-13-19-16-12-15(5-7-17(16)22)6-8-18(23)20-24/h4-7,12,14,16,22,27H,8-11,13H2,1-3H3,(H,23,26);2,7-10,13,15,17,26H,1,3-6,11-12,14H2,(H,22,25);7-10,14,26H,4-6,11-13H2,1-3H3,(H,20,21)(H,22,25);6-9,13-15,25H,4-5,10-12H2,1-3H3,(H,21,24);5-8,12-14,24H,4,9-11H2,1-3H3,(H,20,23)/b7-5+;2*10-8+;9-7+;8-6+. The van der Waals surface area contributed by atoms with Crippen LogP contribution in [0.4, 0.5) is 5.95 Å². The molecular weight excluding hydrogens is 1620 g/mol. The predicted molar refractivity (Wildman–Crippen MR) is 510 cm³/mol. The lowest BCUT2D eigenvalue weighted by Crippen LogP contribution is -2.48. The SMILES string of the molecule is C=CCCCN1CCCC(n2cnc3cc(/C=C/C(=O)NO)ccc32)C1.CC(C)(C)CCN1CCC(n2cnc3cc(/C=C/C(=O)NO)ccc32)CN1.CCCCN(CCn1cnc2cc(/C=C/C(=O)NO)ccc21)C(C)C.CCCN(CCn1cnc2cc(/C=C/C(=O)NO)ccc21)C(C)C.CCCNc1nc2cc(/C=C/C(=O)NO)ccc2n1CCN(CC)CC. The fourth-order valence-corrected chi connectivity index (χ4v) is 15.2. The number of allylic oxidation sites excluding steroid dienone is 1. The molecule has 0 saturated carbocycles. The fraction of sp³-hybridized carbons (Fsp3) is 0.458. The van der Waals surface area contributed by atoms with Crippen LogP contribution in [0.5, 0.6) is 0 Å². The number of nitrogens with one attached hydrogen (secondary N) is 7. The summed E-state index contributed by atoms with van der Waals surface area (Å²) in [7, 11) is 0. The van der Waals surface area contributed by atoms with Crippen molar-refractivity contribution in [3.05, 3.63) is 187 Å². The molecule has 5 amide bonds. The number of hydrogen-bond donors (Lipinski definition) is 12. The summed E-state index contributed by atoms with van der Waals surface area (Å²) < 4.78 is 11.1. The Morgan fingerprint density at radius 2 is 0.930 bits per heavy atom. The normalized spacial score (nSPS) is 14.7. The van der Waals surface area contributed by atoms with E-state index in [2.05, 4.69) is 174 Å². The third kappa shape index (κ3) is 32.4. The van der Waals surface area contributed by atoms with Crippen molar-refractivity contribution in [1.82, 2.24) is 105 Å². The number of aromatic nitrogens is 10. The third-order valence-corrected chi connectivity index (χ3v) is 22.6. The van der Waals surface area contributed by atoms with Crippen LogP contribution in [-0.4, -0.2) is 232 Å². The summed E-state index contributed by atoms with van der Waals surface area (Å²) in [6.45, 7) is 47.6. The van der Waals surface area contributed by atoms with E-state index in [1.54, 1.807) is 57.8 Å². The Morgan fingerprint density at radius 1 is 0.492 bits per heavy atom. The van der Waals surface area contributed by atoms with Crippen LogP contribution in [0.25, 0.3) is 85.5 Å². The van der Waals surface area contributed by atoms with Gasteiger partial charge >= 0.3 is 0 Å². The van der Waals surface area contributed by atoms with Crippen LogP contribution in [0.15, 0.2) is 159 Å². The molecule has 5 aromatic heterocycles. The minimum Gasteiger partial charge on any atom is -0.356 e. The molecule has 12 N–H and O–H groups in total. The van der Waals surface area contributed by atoms with E-state index in [1.165, 1.54) is 69.0 Å². The van der Waals surface area contributed by atoms with Crippen LogP contribution in [0, 0.1) is 5.41 Å². The molecule has 128 heavy (non-hydrogen) atoms. The maximum Gasteiger partial charge on any atom is 0.267 e. The molecule has 5 aromatic carbocycles. The zero-order chi connectivity index (χ0) is 92.5. The number of benzene rings is 5.